The number of carbonyl (C=O) groups excluding carboxylic acids is 2. The van der Waals surface area contributed by atoms with Crippen LogP contribution in [-0.4, -0.2) is 23.5 Å². The standard InChI is InChI=1S/C17H31NO3/c1-9-13(11(2)3)10-14(19)15(12(4)5)18-16(20)21-17(6,7)8/h9,11-13,15H,1,10H2,2-8H3,(H,18,20). The molecule has 0 fully saturated rings. The molecule has 4 heteroatoms. The van der Waals surface area contributed by atoms with Gasteiger partial charge in [-0.15, -0.1) is 6.58 Å². The first kappa shape index (κ1) is 19.7. The zero-order valence-corrected chi connectivity index (χ0v) is 14.5. The molecule has 0 aromatic rings. The van der Waals surface area contributed by atoms with Crippen LogP contribution < -0.4 is 5.32 Å². The van der Waals surface area contributed by atoms with Gasteiger partial charge in [-0.25, -0.2) is 4.79 Å². The minimum absolute atomic E-state index is 0.0163. The molecule has 0 saturated carbocycles. The zero-order chi connectivity index (χ0) is 16.8. The number of carbonyl (C=O) groups is 2. The predicted molar refractivity (Wildman–Crippen MR) is 86.1 cm³/mol. The van der Waals surface area contributed by atoms with Crippen LogP contribution in [0.5, 0.6) is 0 Å². The summed E-state index contributed by atoms with van der Waals surface area (Å²) >= 11 is 0. The van der Waals surface area contributed by atoms with Gasteiger partial charge in [-0.2, -0.15) is 0 Å². The van der Waals surface area contributed by atoms with Crippen molar-refractivity contribution in [3.63, 3.8) is 0 Å². The lowest BCUT2D eigenvalue weighted by Crippen LogP contribution is -2.46. The van der Waals surface area contributed by atoms with Gasteiger partial charge < -0.3 is 10.1 Å². The molecule has 1 amide bonds. The summed E-state index contributed by atoms with van der Waals surface area (Å²) in [5.41, 5.74) is -0.573. The molecule has 0 radical (unpaired) electrons. The van der Waals surface area contributed by atoms with E-state index in [1.807, 2.05) is 19.9 Å². The smallest absolute Gasteiger partial charge is 0.408 e. The maximum absolute atomic E-state index is 12.4. The Balaban J connectivity index is 4.79. The predicted octanol–water partition coefficient (Wildman–Crippen LogP) is 3.95. The Morgan fingerprint density at radius 3 is 2.00 bits per heavy atom. The lowest BCUT2D eigenvalue weighted by Gasteiger charge is -2.26. The molecular weight excluding hydrogens is 266 g/mol. The number of hydrogen-bond acceptors (Lipinski definition) is 3. The molecular formula is C17H31NO3. The van der Waals surface area contributed by atoms with Gasteiger partial charge in [0.05, 0.1) is 6.04 Å². The van der Waals surface area contributed by atoms with Crippen LogP contribution in [0, 0.1) is 17.8 Å². The Kier molecular flexibility index (Phi) is 7.69. The molecule has 0 aliphatic carbocycles. The van der Waals surface area contributed by atoms with Crippen molar-refractivity contribution < 1.29 is 14.3 Å². The van der Waals surface area contributed by atoms with E-state index in [1.54, 1.807) is 20.8 Å². The van der Waals surface area contributed by atoms with Gasteiger partial charge in [0.25, 0.3) is 0 Å². The van der Waals surface area contributed by atoms with Crippen LogP contribution in [-0.2, 0) is 9.53 Å². The van der Waals surface area contributed by atoms with E-state index in [4.69, 9.17) is 4.74 Å². The molecule has 0 rings (SSSR count). The van der Waals surface area contributed by atoms with E-state index >= 15 is 0 Å². The van der Waals surface area contributed by atoms with Gasteiger partial charge in [0.2, 0.25) is 0 Å². The number of rotatable bonds is 7. The maximum atomic E-state index is 12.4. The van der Waals surface area contributed by atoms with Gasteiger partial charge >= 0.3 is 6.09 Å². The van der Waals surface area contributed by atoms with Crippen molar-refractivity contribution in [2.45, 2.75) is 66.5 Å². The largest absolute Gasteiger partial charge is 0.444 e. The highest BCUT2D eigenvalue weighted by molar-refractivity contribution is 5.88. The van der Waals surface area contributed by atoms with Gasteiger partial charge in [0.1, 0.15) is 5.60 Å². The minimum atomic E-state index is -0.573. The fourth-order valence-corrected chi connectivity index (χ4v) is 2.00. The Labute approximate surface area is 129 Å². The summed E-state index contributed by atoms with van der Waals surface area (Å²) in [6.45, 7) is 17.1. The number of hydrogen-bond donors (Lipinski definition) is 1. The van der Waals surface area contributed by atoms with Crippen LogP contribution in [0.2, 0.25) is 0 Å². The number of nitrogens with one attached hydrogen (secondary N) is 1. The number of allylic oxidation sites excluding steroid dienone is 1. The lowest BCUT2D eigenvalue weighted by molar-refractivity contribution is -0.123. The average molecular weight is 297 g/mol. The van der Waals surface area contributed by atoms with Gasteiger partial charge in [-0.1, -0.05) is 33.8 Å². The molecule has 21 heavy (non-hydrogen) atoms. The van der Waals surface area contributed by atoms with Gasteiger partial charge in [0, 0.05) is 6.42 Å². The Hall–Kier alpha value is -1.32. The quantitative estimate of drug-likeness (QED) is 0.724. The summed E-state index contributed by atoms with van der Waals surface area (Å²) in [4.78, 5) is 24.3. The number of amides is 1. The van der Waals surface area contributed by atoms with Gasteiger partial charge in [0.15, 0.2) is 5.78 Å². The SMILES string of the molecule is C=CC(CC(=O)C(NC(=O)OC(C)(C)C)C(C)C)C(C)C. The third-order valence-electron chi connectivity index (χ3n) is 3.28. The third kappa shape index (κ3) is 7.88. The highest BCUT2D eigenvalue weighted by atomic mass is 16.6. The first-order chi connectivity index (χ1) is 9.47. The molecule has 122 valence electrons. The third-order valence-corrected chi connectivity index (χ3v) is 3.28. The topological polar surface area (TPSA) is 55.4 Å². The molecule has 4 nitrogen and oxygen atoms in total. The van der Waals surface area contributed by atoms with Crippen LogP contribution in [0.1, 0.15) is 54.9 Å². The first-order valence-electron chi connectivity index (χ1n) is 7.62. The van der Waals surface area contributed by atoms with Gasteiger partial charge in [-0.3, -0.25) is 4.79 Å². The van der Waals surface area contributed by atoms with Crippen LogP contribution >= 0.6 is 0 Å². The van der Waals surface area contributed by atoms with E-state index in [0.29, 0.717) is 12.3 Å². The summed E-state index contributed by atoms with van der Waals surface area (Å²) in [6.07, 6.45) is 1.65. The molecule has 0 aromatic heterocycles. The van der Waals surface area contributed by atoms with E-state index in [2.05, 4.69) is 25.7 Å². The monoisotopic (exact) mass is 297 g/mol. The first-order valence-corrected chi connectivity index (χ1v) is 7.62. The number of Topliss-reactive ketones (excluding diaryl/α,β-unsaturated/α-hetero) is 1. The number of alkyl carbamates (subject to hydrolysis) is 1. The summed E-state index contributed by atoms with van der Waals surface area (Å²) in [5.74, 6) is 0.511. The van der Waals surface area contributed by atoms with E-state index in [0.717, 1.165) is 0 Å². The van der Waals surface area contributed by atoms with Crippen LogP contribution in [0.3, 0.4) is 0 Å². The van der Waals surface area contributed by atoms with Crippen molar-refractivity contribution in [3.05, 3.63) is 12.7 Å². The Morgan fingerprint density at radius 1 is 1.14 bits per heavy atom. The summed E-state index contributed by atoms with van der Waals surface area (Å²) in [6, 6.07) is -0.527. The van der Waals surface area contributed by atoms with Crippen molar-refractivity contribution in [1.82, 2.24) is 5.32 Å². The number of ketones is 1. The molecule has 0 heterocycles. The summed E-state index contributed by atoms with van der Waals surface area (Å²) in [7, 11) is 0. The molecule has 0 spiro atoms. The van der Waals surface area contributed by atoms with Crippen molar-refractivity contribution in [1.29, 1.82) is 0 Å². The Bertz CT molecular complexity index is 367. The molecule has 1 N–H and O–H groups in total. The fourth-order valence-electron chi connectivity index (χ4n) is 2.00. The lowest BCUT2D eigenvalue weighted by atomic mass is 9.87. The van der Waals surface area contributed by atoms with Crippen molar-refractivity contribution in [2.24, 2.45) is 17.8 Å². The van der Waals surface area contributed by atoms with E-state index in [1.165, 1.54) is 0 Å². The molecule has 0 saturated heterocycles. The summed E-state index contributed by atoms with van der Waals surface area (Å²) in [5, 5.41) is 2.70. The fraction of sp³-hybridized carbons (Fsp3) is 0.765. The molecule has 0 bridgehead atoms. The summed E-state index contributed by atoms with van der Waals surface area (Å²) < 4.78 is 5.22. The minimum Gasteiger partial charge on any atom is -0.444 e. The Morgan fingerprint density at radius 2 is 1.67 bits per heavy atom. The second-order valence-electron chi connectivity index (χ2n) is 7.18. The molecule has 0 aliphatic heterocycles. The van der Waals surface area contributed by atoms with Crippen LogP contribution in [0.4, 0.5) is 4.79 Å². The normalized spacial score (nSPS) is 14.7. The van der Waals surface area contributed by atoms with E-state index < -0.39 is 17.7 Å². The van der Waals surface area contributed by atoms with Gasteiger partial charge in [-0.05, 0) is 38.5 Å². The second kappa shape index (κ2) is 8.20. The maximum Gasteiger partial charge on any atom is 0.408 e. The van der Waals surface area contributed by atoms with Crippen molar-refractivity contribution in [3.8, 4) is 0 Å². The number of ether oxygens (including phenoxy) is 1. The van der Waals surface area contributed by atoms with Crippen molar-refractivity contribution >= 4 is 11.9 Å². The van der Waals surface area contributed by atoms with Crippen molar-refractivity contribution in [2.75, 3.05) is 0 Å². The van der Waals surface area contributed by atoms with E-state index in [-0.39, 0.29) is 17.6 Å². The van der Waals surface area contributed by atoms with Crippen LogP contribution in [0.25, 0.3) is 0 Å². The highest BCUT2D eigenvalue weighted by Gasteiger charge is 2.28. The van der Waals surface area contributed by atoms with E-state index in [9.17, 15) is 9.59 Å². The van der Waals surface area contributed by atoms with Crippen LogP contribution in [0.15, 0.2) is 12.7 Å². The zero-order valence-electron chi connectivity index (χ0n) is 14.5. The average Bonchev–Trinajstić information content (AvgIpc) is 2.29. The second-order valence-corrected chi connectivity index (χ2v) is 7.18. The molecule has 2 unspecified atom stereocenters. The molecule has 0 aromatic carbocycles. The molecule has 0 aliphatic rings. The highest BCUT2D eigenvalue weighted by Crippen LogP contribution is 2.19. The molecule has 2 atom stereocenters.